The highest BCUT2D eigenvalue weighted by Gasteiger charge is 2.49. The van der Waals surface area contributed by atoms with Crippen molar-refractivity contribution in [3.63, 3.8) is 0 Å². The number of ether oxygens (including phenoxy) is 2. The Morgan fingerprint density at radius 3 is 1.42 bits per heavy atom. The largest absolute Gasteiger partial charge is 0.507 e. The van der Waals surface area contributed by atoms with Crippen LogP contribution in [0.3, 0.4) is 0 Å². The van der Waals surface area contributed by atoms with Gasteiger partial charge in [0.15, 0.2) is 11.6 Å². The zero-order valence-corrected chi connectivity index (χ0v) is 56.4. The molecule has 1 N–H and O–H groups in total. The fraction of sp³-hybridized carbons (Fsp3) is 0.423. The molecule has 96 heavy (non-hydrogen) atoms. The highest BCUT2D eigenvalue weighted by atomic mass is 19.2. The first-order valence-electron chi connectivity index (χ1n) is 32.0. The van der Waals surface area contributed by atoms with Crippen LogP contribution >= 0.6 is 0 Å². The first-order chi connectivity index (χ1) is 45.2. The molecule has 8 heterocycles. The molecule has 2 saturated heterocycles. The summed E-state index contributed by atoms with van der Waals surface area (Å²) in [5, 5.41) is 10.6. The predicted octanol–water partition coefficient (Wildman–Crippen LogP) is 13.3. The third-order valence-electron chi connectivity index (χ3n) is 18.3. The van der Waals surface area contributed by atoms with Gasteiger partial charge < -0.3 is 39.1 Å². The summed E-state index contributed by atoms with van der Waals surface area (Å²) in [4.78, 5) is 96.3. The molecule has 12 rings (SSSR count). The minimum atomic E-state index is -1.23. The van der Waals surface area contributed by atoms with Gasteiger partial charge in [0, 0.05) is 44.0 Å². The lowest BCUT2D eigenvalue weighted by atomic mass is 9.89. The summed E-state index contributed by atoms with van der Waals surface area (Å²) in [6.45, 7) is 24.2. The Morgan fingerprint density at radius 2 is 0.979 bits per heavy atom. The third-order valence-corrected chi connectivity index (χ3v) is 18.3. The number of phenolic OH excluding ortho intramolecular Hbond substituents is 1. The summed E-state index contributed by atoms with van der Waals surface area (Å²) in [7, 11) is 4.18. The second-order valence-electron chi connectivity index (χ2n) is 27.4. The van der Waals surface area contributed by atoms with Gasteiger partial charge in [0.1, 0.15) is 76.5 Å². The summed E-state index contributed by atoms with van der Waals surface area (Å²) in [5.41, 5.74) is -3.26. The van der Waals surface area contributed by atoms with Crippen molar-refractivity contribution in [3.8, 4) is 45.1 Å². The molecule has 4 aliphatic rings. The van der Waals surface area contributed by atoms with Crippen molar-refractivity contribution in [2.24, 2.45) is 5.92 Å². The number of amides is 3. The average Bonchev–Trinajstić information content (AvgIpc) is 0.706. The van der Waals surface area contributed by atoms with Crippen molar-refractivity contribution in [1.29, 1.82) is 0 Å². The molecule has 0 radical (unpaired) electrons. The number of aromatic nitrogens is 6. The van der Waals surface area contributed by atoms with Crippen molar-refractivity contribution < 1.29 is 55.3 Å². The Hall–Kier alpha value is -9.55. The Labute approximate surface area is 550 Å². The number of piperidine rings is 1. The molecule has 3 amide bonds. The number of methoxy groups -OCH3 is 1. The molecule has 0 unspecified atom stereocenters. The van der Waals surface area contributed by atoms with Crippen LogP contribution in [0.2, 0.25) is 0 Å². The maximum atomic E-state index is 17.6. The van der Waals surface area contributed by atoms with E-state index in [0.29, 0.717) is 35.7 Å². The summed E-state index contributed by atoms with van der Waals surface area (Å²) in [5.74, 6) is -9.10. The van der Waals surface area contributed by atoms with Gasteiger partial charge in [0.25, 0.3) is 17.0 Å². The fourth-order valence-electron chi connectivity index (χ4n) is 13.9. The summed E-state index contributed by atoms with van der Waals surface area (Å²) < 4.78 is 112. The van der Waals surface area contributed by atoms with Crippen molar-refractivity contribution in [2.75, 3.05) is 60.4 Å². The van der Waals surface area contributed by atoms with E-state index in [2.05, 4.69) is 19.9 Å². The second kappa shape index (κ2) is 25.2. The number of carbonyl (C=O) groups excluding carboxylic acids is 3. The van der Waals surface area contributed by atoms with Gasteiger partial charge in [-0.1, -0.05) is 74.4 Å². The Kier molecular flexibility index (Phi) is 17.8. The van der Waals surface area contributed by atoms with Crippen LogP contribution in [0.1, 0.15) is 149 Å². The van der Waals surface area contributed by atoms with Gasteiger partial charge in [-0.15, -0.1) is 0 Å². The van der Waals surface area contributed by atoms with E-state index in [1.165, 1.54) is 66.8 Å². The molecule has 0 bridgehead atoms. The molecule has 4 aromatic carbocycles. The minimum Gasteiger partial charge on any atom is -0.507 e. The van der Waals surface area contributed by atoms with Crippen LogP contribution in [0.5, 0.6) is 11.5 Å². The first kappa shape index (κ1) is 67.9. The lowest BCUT2D eigenvalue weighted by Gasteiger charge is -2.50. The second-order valence-corrected chi connectivity index (χ2v) is 27.4. The minimum absolute atomic E-state index is 0.0126. The van der Waals surface area contributed by atoms with E-state index in [-0.39, 0.29) is 110 Å². The van der Waals surface area contributed by atoms with E-state index in [0.717, 1.165) is 45.9 Å². The zero-order valence-electron chi connectivity index (χ0n) is 56.4. The molecule has 4 aromatic heterocycles. The maximum absolute atomic E-state index is 17.6. The number of anilines is 4. The predicted molar refractivity (Wildman–Crippen MR) is 355 cm³/mol. The van der Waals surface area contributed by atoms with Crippen LogP contribution in [0.4, 0.5) is 53.9 Å². The fourth-order valence-corrected chi connectivity index (χ4v) is 13.9. The van der Waals surface area contributed by atoms with E-state index in [4.69, 9.17) is 9.47 Å². The number of rotatable bonds is 9. The van der Waals surface area contributed by atoms with Crippen molar-refractivity contribution in [3.05, 3.63) is 140 Å². The average molecular weight is 1330 g/mol. The van der Waals surface area contributed by atoms with E-state index < -0.39 is 110 Å². The van der Waals surface area contributed by atoms with Gasteiger partial charge in [-0.05, 0) is 107 Å². The van der Waals surface area contributed by atoms with Crippen LogP contribution in [-0.4, -0.2) is 122 Å². The Balaban J connectivity index is 0.000000198. The summed E-state index contributed by atoms with van der Waals surface area (Å²) in [6, 6.07) is 7.15. The number of fused-ring (bicyclic) bond motifs is 10. The van der Waals surface area contributed by atoms with Crippen molar-refractivity contribution in [2.45, 2.75) is 150 Å². The molecule has 4 atom stereocenters. The van der Waals surface area contributed by atoms with E-state index in [1.807, 2.05) is 62.3 Å². The van der Waals surface area contributed by atoms with E-state index in [1.54, 1.807) is 37.5 Å². The Bertz CT molecular complexity index is 4590. The number of piperazine rings is 1. The topological polar surface area (TPSA) is 202 Å². The zero-order chi connectivity index (χ0) is 69.9. The Morgan fingerprint density at radius 1 is 0.552 bits per heavy atom. The van der Waals surface area contributed by atoms with Gasteiger partial charge >= 0.3 is 6.09 Å². The molecule has 4 aliphatic heterocycles. The molecule has 8 aromatic rings. The molecular weight excluding hydrogens is 1250 g/mol. The maximum Gasteiger partial charge on any atom is 0.410 e. The molecule has 0 spiro atoms. The van der Waals surface area contributed by atoms with E-state index in [9.17, 15) is 24.3 Å². The SMILES string of the molecule is CC(C)c1ncnc(C(C)C)c1-n1c(=O)c2c(c3cc(F)c(-c4c(O)cccc4F)c(F)c31)N1C[C@@H](C)CC[C@@H]1C(=O)N2C.COc1cccc(F)c1-c1c(F)cc2c3c(c(=O)n(-c4c(C(C)C)ncnc4C(C)C)c2c1F)N(C)C(=O)[C@H]1CN(C(=O)OC(C)(C)C)[C@H](C)CN31. The lowest BCUT2D eigenvalue weighted by molar-refractivity contribution is -0.121. The highest BCUT2D eigenvalue weighted by molar-refractivity contribution is 6.14. The number of likely N-dealkylation sites (N-methyl/N-ethyl adjacent to an activating group) is 2. The normalized spacial score (nSPS) is 18.0. The molecule has 2 fully saturated rings. The summed E-state index contributed by atoms with van der Waals surface area (Å²) in [6.07, 6.45) is 3.43. The van der Waals surface area contributed by atoms with Crippen LogP contribution in [0, 0.1) is 40.8 Å². The first-order valence-corrected chi connectivity index (χ1v) is 32.0. The number of benzene rings is 4. The van der Waals surface area contributed by atoms with Crippen LogP contribution in [-0.2, 0) is 14.3 Å². The smallest absolute Gasteiger partial charge is 0.410 e. The van der Waals surface area contributed by atoms with Gasteiger partial charge in [-0.2, -0.15) is 0 Å². The molecule has 25 heteroatoms. The number of hydrogen-bond donors (Lipinski definition) is 1. The number of phenols is 1. The monoisotopic (exact) mass is 1330 g/mol. The van der Waals surface area contributed by atoms with Crippen molar-refractivity contribution >= 4 is 62.5 Å². The number of carbonyl (C=O) groups is 3. The standard InChI is InChI=1S/C38H43F3N6O5.C33H34F3N5O3/c1-18(2)29-33(30(19(3)4)43-17-42-29)47-31-21(14-23(40)27(28(31)41)26-22(39)12-11-13-25(26)51-10)32-34(36(47)49)44(9)35(48)24-16-45(20(5)15-46(24)32)37(50)52-38(6,7)8;1-15(2)26-30(27(16(3)4)38-14-37-26)41-28-18(12-20(35)24(25(28)36)23-19(34)8-7-9-22(23)42)29-31(33(41)44)39(6)32(43)21-11-10-17(5)13-40(21)29/h11-14,17-20,24H,15-16H2,1-10H3;7-9,12,14-17,21,42H,10-11,13H2,1-6H3/t20-,24-;17-,21+/m10/s1. The molecule has 0 aliphatic carbocycles. The van der Waals surface area contributed by atoms with Crippen LogP contribution in [0.25, 0.3) is 55.4 Å². The molecule has 0 saturated carbocycles. The molecule has 506 valence electrons. The quantitative estimate of drug-likeness (QED) is 0.134. The highest BCUT2D eigenvalue weighted by Crippen LogP contribution is 2.50. The van der Waals surface area contributed by atoms with Gasteiger partial charge in [-0.25, -0.2) is 51.1 Å². The molecule has 19 nitrogen and oxygen atoms in total. The van der Waals surface area contributed by atoms with E-state index >= 15 is 31.1 Å². The van der Waals surface area contributed by atoms with Crippen LogP contribution < -0.4 is 35.5 Å². The molecular formula is C71H77F6N11O8. The van der Waals surface area contributed by atoms with Gasteiger partial charge in [0.2, 0.25) is 5.91 Å². The third kappa shape index (κ3) is 11.1. The lowest BCUT2D eigenvalue weighted by Crippen LogP contribution is -2.66. The number of nitrogens with zero attached hydrogens (tertiary/aromatic N) is 11. The van der Waals surface area contributed by atoms with Gasteiger partial charge in [-0.3, -0.25) is 28.3 Å². The number of hydrogen-bond acceptors (Lipinski definition) is 14. The number of halogens is 6. The van der Waals surface area contributed by atoms with Gasteiger partial charge in [0.05, 0.1) is 92.5 Å². The summed E-state index contributed by atoms with van der Waals surface area (Å²) >= 11 is 0. The van der Waals surface area contributed by atoms with Crippen molar-refractivity contribution in [1.82, 2.24) is 34.0 Å². The number of aromatic hydroxyl groups is 1. The van der Waals surface area contributed by atoms with Crippen LogP contribution in [0.15, 0.2) is 70.8 Å². The number of pyridine rings is 2.